The molecule has 14 heavy (non-hydrogen) atoms. The molecule has 1 saturated heterocycles. The molecule has 1 heterocycles. The number of hydrogen-bond donors (Lipinski definition) is 3. The maximum Gasteiger partial charge on any atom is 0.0699 e. The number of rotatable bonds is 4. The summed E-state index contributed by atoms with van der Waals surface area (Å²) in [7, 11) is 0. The third-order valence-corrected chi connectivity index (χ3v) is 3.73. The minimum absolute atomic E-state index is 0.229. The molecule has 0 aliphatic carbocycles. The Morgan fingerprint density at radius 3 is 2.79 bits per heavy atom. The summed E-state index contributed by atoms with van der Waals surface area (Å²) in [5.41, 5.74) is 5.10. The van der Waals surface area contributed by atoms with Gasteiger partial charge in [0, 0.05) is 12.5 Å². The Morgan fingerprint density at radius 1 is 1.64 bits per heavy atom. The van der Waals surface area contributed by atoms with Gasteiger partial charge in [-0.1, -0.05) is 6.92 Å². The Bertz CT molecular complexity index is 161. The first-order valence-corrected chi connectivity index (χ1v) is 5.76. The summed E-state index contributed by atoms with van der Waals surface area (Å²) in [4.78, 5) is 0. The normalized spacial score (nSPS) is 29.6. The lowest BCUT2D eigenvalue weighted by atomic mass is 9.74. The van der Waals surface area contributed by atoms with Crippen LogP contribution in [-0.4, -0.2) is 30.3 Å². The molecule has 3 atom stereocenters. The molecule has 3 nitrogen and oxygen atoms in total. The van der Waals surface area contributed by atoms with Gasteiger partial charge in [0.1, 0.15) is 0 Å². The minimum Gasteiger partial charge on any atom is -0.390 e. The third kappa shape index (κ3) is 2.47. The summed E-state index contributed by atoms with van der Waals surface area (Å²) < 4.78 is 0. The molecule has 0 aromatic heterocycles. The van der Waals surface area contributed by atoms with Gasteiger partial charge in [0.25, 0.3) is 0 Å². The van der Waals surface area contributed by atoms with Crippen LogP contribution in [-0.2, 0) is 0 Å². The first kappa shape index (κ1) is 12.0. The van der Waals surface area contributed by atoms with Crippen LogP contribution in [0.1, 0.15) is 33.1 Å². The highest BCUT2D eigenvalue weighted by Gasteiger charge is 2.38. The molecule has 3 heteroatoms. The van der Waals surface area contributed by atoms with Crippen molar-refractivity contribution in [1.29, 1.82) is 0 Å². The Hall–Kier alpha value is -0.120. The molecular weight excluding hydrogens is 176 g/mol. The molecule has 0 amide bonds. The van der Waals surface area contributed by atoms with Gasteiger partial charge < -0.3 is 16.2 Å². The highest BCUT2D eigenvalue weighted by atomic mass is 16.3. The molecule has 0 aromatic carbocycles. The van der Waals surface area contributed by atoms with Crippen LogP contribution in [0, 0.1) is 11.8 Å². The van der Waals surface area contributed by atoms with Crippen LogP contribution in [0.15, 0.2) is 0 Å². The van der Waals surface area contributed by atoms with Gasteiger partial charge in [0.15, 0.2) is 0 Å². The second-order valence-corrected chi connectivity index (χ2v) is 4.61. The van der Waals surface area contributed by atoms with Crippen LogP contribution < -0.4 is 11.1 Å². The SMILES string of the molecule is CCC(CN)C(C)(O)C1CCCNC1. The fourth-order valence-electron chi connectivity index (χ4n) is 2.50. The quantitative estimate of drug-likeness (QED) is 0.627. The van der Waals surface area contributed by atoms with Gasteiger partial charge in [0.05, 0.1) is 5.60 Å². The topological polar surface area (TPSA) is 58.3 Å². The Morgan fingerprint density at radius 2 is 2.36 bits per heavy atom. The molecule has 3 unspecified atom stereocenters. The molecular formula is C11H24N2O. The molecule has 1 fully saturated rings. The summed E-state index contributed by atoms with van der Waals surface area (Å²) in [5, 5.41) is 13.8. The molecule has 0 spiro atoms. The van der Waals surface area contributed by atoms with Crippen molar-refractivity contribution in [3.05, 3.63) is 0 Å². The number of nitrogens with two attached hydrogens (primary N) is 1. The zero-order valence-corrected chi connectivity index (χ0v) is 9.42. The predicted molar refractivity (Wildman–Crippen MR) is 59.1 cm³/mol. The fourth-order valence-corrected chi connectivity index (χ4v) is 2.50. The van der Waals surface area contributed by atoms with E-state index < -0.39 is 5.60 Å². The summed E-state index contributed by atoms with van der Waals surface area (Å²) in [6.07, 6.45) is 3.25. The van der Waals surface area contributed by atoms with Crippen molar-refractivity contribution in [2.24, 2.45) is 17.6 Å². The monoisotopic (exact) mass is 200 g/mol. The van der Waals surface area contributed by atoms with E-state index in [0.717, 1.165) is 25.9 Å². The predicted octanol–water partition coefficient (Wildman–Crippen LogP) is 0.722. The van der Waals surface area contributed by atoms with Crippen molar-refractivity contribution >= 4 is 0 Å². The van der Waals surface area contributed by atoms with Gasteiger partial charge in [-0.15, -0.1) is 0 Å². The lowest BCUT2D eigenvalue weighted by Crippen LogP contribution is -2.50. The number of aliphatic hydroxyl groups is 1. The van der Waals surface area contributed by atoms with Crippen molar-refractivity contribution in [3.8, 4) is 0 Å². The maximum absolute atomic E-state index is 10.5. The maximum atomic E-state index is 10.5. The Balaban J connectivity index is 2.60. The highest BCUT2D eigenvalue weighted by molar-refractivity contribution is 4.91. The Kier molecular flexibility index (Phi) is 4.35. The summed E-state index contributed by atoms with van der Waals surface area (Å²) in [6, 6.07) is 0. The standard InChI is InChI=1S/C11H24N2O/c1-3-9(7-12)11(2,14)10-5-4-6-13-8-10/h9-10,13-14H,3-8,12H2,1-2H3. The van der Waals surface area contributed by atoms with Gasteiger partial charge in [-0.25, -0.2) is 0 Å². The van der Waals surface area contributed by atoms with Crippen LogP contribution in [0.25, 0.3) is 0 Å². The van der Waals surface area contributed by atoms with E-state index in [0.29, 0.717) is 12.5 Å². The van der Waals surface area contributed by atoms with Crippen LogP contribution in [0.4, 0.5) is 0 Å². The molecule has 84 valence electrons. The van der Waals surface area contributed by atoms with Crippen molar-refractivity contribution in [3.63, 3.8) is 0 Å². The van der Waals surface area contributed by atoms with E-state index in [1.807, 2.05) is 6.92 Å². The lowest BCUT2D eigenvalue weighted by Gasteiger charge is -2.41. The van der Waals surface area contributed by atoms with E-state index in [-0.39, 0.29) is 5.92 Å². The largest absolute Gasteiger partial charge is 0.390 e. The van der Waals surface area contributed by atoms with Gasteiger partial charge in [-0.05, 0) is 45.2 Å². The molecule has 0 saturated carbocycles. The number of piperidine rings is 1. The lowest BCUT2D eigenvalue weighted by molar-refractivity contribution is -0.0592. The van der Waals surface area contributed by atoms with Gasteiger partial charge in [-0.3, -0.25) is 0 Å². The highest BCUT2D eigenvalue weighted by Crippen LogP contribution is 2.31. The average Bonchev–Trinajstić information content (AvgIpc) is 2.20. The van der Waals surface area contributed by atoms with Gasteiger partial charge >= 0.3 is 0 Å². The molecule has 1 rings (SSSR count). The van der Waals surface area contributed by atoms with E-state index in [2.05, 4.69) is 12.2 Å². The molecule has 4 N–H and O–H groups in total. The van der Waals surface area contributed by atoms with Crippen LogP contribution in [0.5, 0.6) is 0 Å². The van der Waals surface area contributed by atoms with Crippen LogP contribution in [0.3, 0.4) is 0 Å². The van der Waals surface area contributed by atoms with Gasteiger partial charge in [0.2, 0.25) is 0 Å². The van der Waals surface area contributed by atoms with Crippen LogP contribution >= 0.6 is 0 Å². The number of nitrogens with one attached hydrogen (secondary N) is 1. The molecule has 0 bridgehead atoms. The fraction of sp³-hybridized carbons (Fsp3) is 1.00. The second-order valence-electron chi connectivity index (χ2n) is 4.61. The van der Waals surface area contributed by atoms with Crippen molar-refractivity contribution in [2.75, 3.05) is 19.6 Å². The second kappa shape index (κ2) is 5.10. The van der Waals surface area contributed by atoms with Crippen molar-refractivity contribution in [2.45, 2.75) is 38.7 Å². The first-order valence-electron chi connectivity index (χ1n) is 5.76. The summed E-state index contributed by atoms with van der Waals surface area (Å²) in [6.45, 7) is 6.66. The van der Waals surface area contributed by atoms with E-state index in [4.69, 9.17) is 5.73 Å². The molecule has 1 aliphatic heterocycles. The third-order valence-electron chi connectivity index (χ3n) is 3.73. The Labute approximate surface area is 87.1 Å². The smallest absolute Gasteiger partial charge is 0.0699 e. The van der Waals surface area contributed by atoms with E-state index in [1.165, 1.54) is 6.42 Å². The zero-order valence-electron chi connectivity index (χ0n) is 9.42. The van der Waals surface area contributed by atoms with Crippen molar-refractivity contribution in [1.82, 2.24) is 5.32 Å². The average molecular weight is 200 g/mol. The summed E-state index contributed by atoms with van der Waals surface area (Å²) >= 11 is 0. The van der Waals surface area contributed by atoms with Gasteiger partial charge in [-0.2, -0.15) is 0 Å². The van der Waals surface area contributed by atoms with E-state index >= 15 is 0 Å². The van der Waals surface area contributed by atoms with E-state index in [9.17, 15) is 5.11 Å². The molecule has 0 aromatic rings. The number of hydrogen-bond acceptors (Lipinski definition) is 3. The minimum atomic E-state index is -0.600. The first-order chi connectivity index (χ1) is 6.62. The molecule has 1 aliphatic rings. The van der Waals surface area contributed by atoms with E-state index in [1.54, 1.807) is 0 Å². The van der Waals surface area contributed by atoms with Crippen LogP contribution in [0.2, 0.25) is 0 Å². The zero-order chi connectivity index (χ0) is 10.6. The van der Waals surface area contributed by atoms with Crippen molar-refractivity contribution < 1.29 is 5.11 Å². The summed E-state index contributed by atoms with van der Waals surface area (Å²) in [5.74, 6) is 0.595. The molecule has 0 radical (unpaired) electrons.